The van der Waals surface area contributed by atoms with Crippen LogP contribution < -0.4 is 5.32 Å². The zero-order valence-electron chi connectivity index (χ0n) is 16.0. The third-order valence-corrected chi connectivity index (χ3v) is 5.35. The van der Waals surface area contributed by atoms with E-state index in [1.807, 2.05) is 61.5 Å². The van der Waals surface area contributed by atoms with Crippen LogP contribution >= 0.6 is 11.8 Å². The highest BCUT2D eigenvalue weighted by Gasteiger charge is 2.20. The lowest BCUT2D eigenvalue weighted by atomic mass is 10.0. The summed E-state index contributed by atoms with van der Waals surface area (Å²) in [6.07, 6.45) is 1.57. The molecule has 0 aliphatic heterocycles. The topological polar surface area (TPSA) is 81.2 Å². The fraction of sp³-hybridized carbons (Fsp3) is 0.136. The zero-order valence-corrected chi connectivity index (χ0v) is 16.8. The van der Waals surface area contributed by atoms with E-state index in [0.717, 1.165) is 22.4 Å². The largest absolute Gasteiger partial charge is 0.469 e. The third kappa shape index (κ3) is 4.25. The summed E-state index contributed by atoms with van der Waals surface area (Å²) in [5.41, 5.74) is 3.52. The van der Waals surface area contributed by atoms with Crippen LogP contribution in [0.25, 0.3) is 22.6 Å². The molecule has 4 rings (SSSR count). The SMILES string of the molecule is Cc1occc1-c1nnc(SC(C)C(=O)Nc2ccccc2-c2ccccc2)o1. The molecular weight excluding hydrogens is 386 g/mol. The molecule has 0 radical (unpaired) electrons. The molecule has 146 valence electrons. The van der Waals surface area contributed by atoms with Gasteiger partial charge in [-0.05, 0) is 31.5 Å². The van der Waals surface area contributed by atoms with E-state index in [1.54, 1.807) is 19.3 Å². The van der Waals surface area contributed by atoms with Crippen molar-refractivity contribution >= 4 is 23.4 Å². The Hall–Kier alpha value is -3.32. The summed E-state index contributed by atoms with van der Waals surface area (Å²) in [7, 11) is 0. The van der Waals surface area contributed by atoms with E-state index < -0.39 is 5.25 Å². The molecule has 2 aromatic carbocycles. The molecule has 1 N–H and O–H groups in total. The van der Waals surface area contributed by atoms with Crippen LogP contribution in [0.3, 0.4) is 0 Å². The lowest BCUT2D eigenvalue weighted by Gasteiger charge is -2.14. The summed E-state index contributed by atoms with van der Waals surface area (Å²) in [4.78, 5) is 12.8. The van der Waals surface area contributed by atoms with Crippen molar-refractivity contribution in [3.8, 4) is 22.6 Å². The van der Waals surface area contributed by atoms with Crippen LogP contribution in [-0.2, 0) is 4.79 Å². The Balaban J connectivity index is 1.46. The van der Waals surface area contributed by atoms with Crippen molar-refractivity contribution in [2.75, 3.05) is 5.32 Å². The van der Waals surface area contributed by atoms with Gasteiger partial charge >= 0.3 is 0 Å². The molecule has 0 saturated heterocycles. The molecule has 0 spiro atoms. The van der Waals surface area contributed by atoms with Crippen LogP contribution in [0.1, 0.15) is 12.7 Å². The minimum Gasteiger partial charge on any atom is -0.469 e. The Labute approximate surface area is 172 Å². The molecular formula is C22H19N3O3S. The van der Waals surface area contributed by atoms with Crippen molar-refractivity contribution in [1.29, 1.82) is 0 Å². The van der Waals surface area contributed by atoms with Crippen LogP contribution in [-0.4, -0.2) is 21.4 Å². The van der Waals surface area contributed by atoms with E-state index >= 15 is 0 Å². The van der Waals surface area contributed by atoms with Gasteiger partial charge in [-0.25, -0.2) is 0 Å². The van der Waals surface area contributed by atoms with Gasteiger partial charge in [0, 0.05) is 11.3 Å². The van der Waals surface area contributed by atoms with Crippen LogP contribution in [0.4, 0.5) is 5.69 Å². The maximum Gasteiger partial charge on any atom is 0.277 e. The molecule has 0 aliphatic rings. The molecule has 2 heterocycles. The Kier molecular flexibility index (Phi) is 5.48. The number of carbonyl (C=O) groups is 1. The lowest BCUT2D eigenvalue weighted by molar-refractivity contribution is -0.115. The standard InChI is InChI=1S/C22H19N3O3S/c1-14-17(12-13-27-14)21-24-25-22(28-21)29-15(2)20(26)23-19-11-7-6-10-18(19)16-8-4-3-5-9-16/h3-13,15H,1-2H3,(H,23,26). The molecule has 0 saturated carbocycles. The normalized spacial score (nSPS) is 11.9. The highest BCUT2D eigenvalue weighted by molar-refractivity contribution is 8.00. The van der Waals surface area contributed by atoms with Gasteiger partial charge in [-0.1, -0.05) is 60.3 Å². The lowest BCUT2D eigenvalue weighted by Crippen LogP contribution is -2.22. The summed E-state index contributed by atoms with van der Waals surface area (Å²) >= 11 is 1.21. The highest BCUT2D eigenvalue weighted by atomic mass is 32.2. The summed E-state index contributed by atoms with van der Waals surface area (Å²) < 4.78 is 10.9. The van der Waals surface area contributed by atoms with Gasteiger partial charge in [0.15, 0.2) is 0 Å². The van der Waals surface area contributed by atoms with Crippen molar-refractivity contribution in [2.24, 2.45) is 0 Å². The smallest absolute Gasteiger partial charge is 0.277 e. The molecule has 1 atom stereocenters. The van der Waals surface area contributed by atoms with Gasteiger partial charge in [-0.3, -0.25) is 4.79 Å². The van der Waals surface area contributed by atoms with Crippen molar-refractivity contribution < 1.29 is 13.6 Å². The summed E-state index contributed by atoms with van der Waals surface area (Å²) in [6.45, 7) is 3.63. The number of furan rings is 1. The second-order valence-corrected chi connectivity index (χ2v) is 7.72. The number of amides is 1. The van der Waals surface area contributed by atoms with Gasteiger partial charge in [-0.2, -0.15) is 0 Å². The molecule has 0 aliphatic carbocycles. The van der Waals surface area contributed by atoms with Crippen molar-refractivity contribution in [3.05, 3.63) is 72.7 Å². The number of nitrogens with zero attached hydrogens (tertiary/aromatic N) is 2. The van der Waals surface area contributed by atoms with E-state index in [0.29, 0.717) is 16.9 Å². The Bertz CT molecular complexity index is 1120. The number of hydrogen-bond acceptors (Lipinski definition) is 6. The predicted octanol–water partition coefficient (Wildman–Crippen LogP) is 5.42. The molecule has 1 unspecified atom stereocenters. The maximum atomic E-state index is 12.8. The molecule has 1 amide bonds. The average Bonchev–Trinajstić information content (AvgIpc) is 3.37. The van der Waals surface area contributed by atoms with E-state index in [4.69, 9.17) is 8.83 Å². The molecule has 29 heavy (non-hydrogen) atoms. The second-order valence-electron chi connectivity index (χ2n) is 6.42. The number of hydrogen-bond donors (Lipinski definition) is 1. The van der Waals surface area contributed by atoms with Crippen molar-refractivity contribution in [3.63, 3.8) is 0 Å². The number of para-hydroxylation sites is 1. The van der Waals surface area contributed by atoms with Gasteiger partial charge < -0.3 is 14.2 Å². The van der Waals surface area contributed by atoms with E-state index in [1.165, 1.54) is 11.8 Å². The first-order chi connectivity index (χ1) is 14.1. The van der Waals surface area contributed by atoms with Crippen LogP contribution in [0, 0.1) is 6.92 Å². The molecule has 0 fully saturated rings. The first kappa shape index (κ1) is 19.0. The number of aryl methyl sites for hydroxylation is 1. The van der Waals surface area contributed by atoms with Gasteiger partial charge in [0.1, 0.15) is 5.76 Å². The minimum atomic E-state index is -0.419. The Morgan fingerprint density at radius 2 is 1.76 bits per heavy atom. The average molecular weight is 405 g/mol. The first-order valence-corrected chi connectivity index (χ1v) is 9.99. The number of nitrogens with one attached hydrogen (secondary N) is 1. The Morgan fingerprint density at radius 3 is 2.52 bits per heavy atom. The fourth-order valence-electron chi connectivity index (χ4n) is 2.87. The summed E-state index contributed by atoms with van der Waals surface area (Å²) in [6, 6.07) is 19.4. The molecule has 0 bridgehead atoms. The predicted molar refractivity (Wildman–Crippen MR) is 113 cm³/mol. The summed E-state index contributed by atoms with van der Waals surface area (Å²) in [5, 5.41) is 11.0. The molecule has 4 aromatic rings. The van der Waals surface area contributed by atoms with Crippen molar-refractivity contribution in [2.45, 2.75) is 24.3 Å². The van der Waals surface area contributed by atoms with Gasteiger partial charge in [-0.15, -0.1) is 10.2 Å². The fourth-order valence-corrected chi connectivity index (χ4v) is 3.56. The van der Waals surface area contributed by atoms with E-state index in [9.17, 15) is 4.79 Å². The number of aromatic nitrogens is 2. The number of thioether (sulfide) groups is 1. The second kappa shape index (κ2) is 8.36. The zero-order chi connectivity index (χ0) is 20.2. The maximum absolute atomic E-state index is 12.8. The summed E-state index contributed by atoms with van der Waals surface area (Å²) in [5.74, 6) is 0.937. The Morgan fingerprint density at radius 1 is 1.00 bits per heavy atom. The number of anilines is 1. The minimum absolute atomic E-state index is 0.141. The number of rotatable bonds is 6. The van der Waals surface area contributed by atoms with Gasteiger partial charge in [0.05, 0.1) is 17.1 Å². The van der Waals surface area contributed by atoms with Crippen LogP contribution in [0.2, 0.25) is 0 Å². The number of benzene rings is 2. The monoisotopic (exact) mass is 405 g/mol. The number of carbonyl (C=O) groups excluding carboxylic acids is 1. The molecule has 7 heteroatoms. The first-order valence-electron chi connectivity index (χ1n) is 9.12. The van der Waals surface area contributed by atoms with E-state index in [2.05, 4.69) is 15.5 Å². The van der Waals surface area contributed by atoms with Crippen LogP contribution in [0.15, 0.2) is 81.0 Å². The quantitative estimate of drug-likeness (QED) is 0.431. The van der Waals surface area contributed by atoms with Gasteiger partial charge in [0.25, 0.3) is 11.1 Å². The van der Waals surface area contributed by atoms with Crippen molar-refractivity contribution in [1.82, 2.24) is 10.2 Å². The third-order valence-electron chi connectivity index (χ3n) is 4.41. The molecule has 2 aromatic heterocycles. The molecule has 6 nitrogen and oxygen atoms in total. The van der Waals surface area contributed by atoms with E-state index in [-0.39, 0.29) is 5.91 Å². The van der Waals surface area contributed by atoms with Crippen LogP contribution in [0.5, 0.6) is 0 Å². The van der Waals surface area contributed by atoms with Gasteiger partial charge in [0.2, 0.25) is 5.91 Å². The highest BCUT2D eigenvalue weighted by Crippen LogP contribution is 2.31.